The van der Waals surface area contributed by atoms with Crippen LogP contribution in [0.3, 0.4) is 0 Å². The monoisotopic (exact) mass is 400 g/mol. The second-order valence-electron chi connectivity index (χ2n) is 4.49. The lowest BCUT2D eigenvalue weighted by atomic mass is 10.1. The van der Waals surface area contributed by atoms with Crippen LogP contribution in [-0.2, 0) is 6.54 Å². The van der Waals surface area contributed by atoms with Crippen molar-refractivity contribution < 1.29 is 0 Å². The zero-order valence-electron chi connectivity index (χ0n) is 11.6. The zero-order valence-corrected chi connectivity index (χ0v) is 14.8. The van der Waals surface area contributed by atoms with Gasteiger partial charge in [-0.15, -0.1) is 0 Å². The Hall–Kier alpha value is -0.720. The normalized spacial score (nSPS) is 12.6. The summed E-state index contributed by atoms with van der Waals surface area (Å²) in [7, 11) is 0. The predicted octanol–water partition coefficient (Wildman–Crippen LogP) is 3.91. The fourth-order valence-electron chi connectivity index (χ4n) is 2.17. The molecule has 20 heavy (non-hydrogen) atoms. The van der Waals surface area contributed by atoms with Crippen molar-refractivity contribution in [1.29, 1.82) is 0 Å². The summed E-state index contributed by atoms with van der Waals surface area (Å²) in [5, 5.41) is 7.90. The quantitative estimate of drug-likeness (QED) is 0.797. The Labute approximate surface area is 136 Å². The van der Waals surface area contributed by atoms with Crippen molar-refractivity contribution in [2.45, 2.75) is 32.9 Å². The fourth-order valence-corrected chi connectivity index (χ4v) is 3.39. The number of aromatic nitrogens is 3. The molecule has 1 unspecified atom stereocenters. The van der Waals surface area contributed by atoms with Gasteiger partial charge in [0.25, 0.3) is 0 Å². The van der Waals surface area contributed by atoms with Crippen LogP contribution in [0.15, 0.2) is 33.5 Å². The molecule has 0 fully saturated rings. The molecule has 0 saturated heterocycles. The van der Waals surface area contributed by atoms with Crippen LogP contribution in [0.4, 0.5) is 0 Å². The summed E-state index contributed by atoms with van der Waals surface area (Å²) in [4.78, 5) is 4.56. The van der Waals surface area contributed by atoms with Crippen LogP contribution >= 0.6 is 31.9 Å². The Morgan fingerprint density at radius 2 is 2.15 bits per heavy atom. The molecule has 2 heterocycles. The molecule has 6 heteroatoms. The molecule has 0 aliphatic heterocycles. The molecule has 0 bridgehead atoms. The summed E-state index contributed by atoms with van der Waals surface area (Å²) in [6.45, 7) is 6.03. The maximum absolute atomic E-state index is 4.56. The fraction of sp³-hybridized carbons (Fsp3) is 0.429. The first-order chi connectivity index (χ1) is 9.67. The smallest absolute Gasteiger partial charge is 0.0933 e. The number of hydrogen-bond acceptors (Lipinski definition) is 3. The van der Waals surface area contributed by atoms with E-state index < -0.39 is 0 Å². The van der Waals surface area contributed by atoms with E-state index in [2.05, 4.69) is 67.2 Å². The molecule has 0 aromatic carbocycles. The lowest BCUT2D eigenvalue weighted by Gasteiger charge is -2.20. The van der Waals surface area contributed by atoms with Crippen molar-refractivity contribution in [3.05, 3.63) is 44.9 Å². The Balaban J connectivity index is 2.42. The maximum atomic E-state index is 4.56. The largest absolute Gasteiger partial charge is 0.304 e. The van der Waals surface area contributed by atoms with E-state index in [1.165, 1.54) is 0 Å². The molecule has 108 valence electrons. The SMILES string of the molecule is CCCn1nccc1C(NCC)c1ncc(Br)cc1Br. The standard InChI is InChI=1S/C14H18Br2N4/c1-3-7-20-12(5-6-19-20)14(17-4-2)13-11(16)8-10(15)9-18-13/h5-6,8-9,14,17H,3-4,7H2,1-2H3. The molecule has 1 N–H and O–H groups in total. The van der Waals surface area contributed by atoms with Crippen molar-refractivity contribution in [3.63, 3.8) is 0 Å². The van der Waals surface area contributed by atoms with Gasteiger partial charge in [-0.2, -0.15) is 5.10 Å². The van der Waals surface area contributed by atoms with E-state index in [1.807, 2.05) is 23.1 Å². The number of hydrogen-bond donors (Lipinski definition) is 1. The molecule has 0 spiro atoms. The van der Waals surface area contributed by atoms with Gasteiger partial charge in [0.2, 0.25) is 0 Å². The van der Waals surface area contributed by atoms with Crippen molar-refractivity contribution >= 4 is 31.9 Å². The summed E-state index contributed by atoms with van der Waals surface area (Å²) in [5.74, 6) is 0. The molecule has 0 aliphatic rings. The van der Waals surface area contributed by atoms with E-state index in [0.717, 1.165) is 39.8 Å². The molecule has 4 nitrogen and oxygen atoms in total. The van der Waals surface area contributed by atoms with Gasteiger partial charge in [0, 0.05) is 27.9 Å². The lowest BCUT2D eigenvalue weighted by molar-refractivity contribution is 0.513. The van der Waals surface area contributed by atoms with Gasteiger partial charge in [-0.1, -0.05) is 13.8 Å². The number of pyridine rings is 1. The van der Waals surface area contributed by atoms with Gasteiger partial charge < -0.3 is 5.32 Å². The van der Waals surface area contributed by atoms with Crippen LogP contribution in [0.2, 0.25) is 0 Å². The van der Waals surface area contributed by atoms with Gasteiger partial charge >= 0.3 is 0 Å². The van der Waals surface area contributed by atoms with Crippen molar-refractivity contribution in [2.24, 2.45) is 0 Å². The Bertz CT molecular complexity index is 568. The van der Waals surface area contributed by atoms with Crippen LogP contribution in [0, 0.1) is 0 Å². The Morgan fingerprint density at radius 3 is 2.80 bits per heavy atom. The molecule has 0 aliphatic carbocycles. The Kier molecular flexibility index (Phi) is 5.74. The number of rotatable bonds is 6. The average Bonchev–Trinajstić information content (AvgIpc) is 2.85. The van der Waals surface area contributed by atoms with Gasteiger partial charge in [0.15, 0.2) is 0 Å². The number of aryl methyl sites for hydroxylation is 1. The molecule has 0 saturated carbocycles. The summed E-state index contributed by atoms with van der Waals surface area (Å²) in [5.41, 5.74) is 2.12. The molecule has 2 rings (SSSR count). The van der Waals surface area contributed by atoms with E-state index in [9.17, 15) is 0 Å². The topological polar surface area (TPSA) is 42.7 Å². The van der Waals surface area contributed by atoms with E-state index >= 15 is 0 Å². The van der Waals surface area contributed by atoms with E-state index in [4.69, 9.17) is 0 Å². The van der Waals surface area contributed by atoms with Gasteiger partial charge in [-0.25, -0.2) is 0 Å². The third-order valence-electron chi connectivity index (χ3n) is 3.00. The minimum atomic E-state index is 0.0384. The molecular formula is C14H18Br2N4. The van der Waals surface area contributed by atoms with Crippen LogP contribution in [-0.4, -0.2) is 21.3 Å². The van der Waals surface area contributed by atoms with Crippen molar-refractivity contribution in [2.75, 3.05) is 6.54 Å². The highest BCUT2D eigenvalue weighted by molar-refractivity contribution is 9.11. The first-order valence-electron chi connectivity index (χ1n) is 6.73. The van der Waals surface area contributed by atoms with E-state index in [-0.39, 0.29) is 6.04 Å². The number of halogens is 2. The van der Waals surface area contributed by atoms with E-state index in [0.29, 0.717) is 0 Å². The Morgan fingerprint density at radius 1 is 1.35 bits per heavy atom. The highest BCUT2D eigenvalue weighted by atomic mass is 79.9. The van der Waals surface area contributed by atoms with Crippen molar-refractivity contribution in [1.82, 2.24) is 20.1 Å². The minimum absolute atomic E-state index is 0.0384. The highest BCUT2D eigenvalue weighted by Crippen LogP contribution is 2.28. The maximum Gasteiger partial charge on any atom is 0.0933 e. The predicted molar refractivity (Wildman–Crippen MR) is 87.7 cm³/mol. The average molecular weight is 402 g/mol. The minimum Gasteiger partial charge on any atom is -0.304 e. The summed E-state index contributed by atoms with van der Waals surface area (Å²) in [6.07, 6.45) is 4.73. The summed E-state index contributed by atoms with van der Waals surface area (Å²) in [6, 6.07) is 4.11. The van der Waals surface area contributed by atoms with Crippen LogP contribution < -0.4 is 5.32 Å². The van der Waals surface area contributed by atoms with E-state index in [1.54, 1.807) is 0 Å². The molecule has 0 amide bonds. The third-order valence-corrected chi connectivity index (χ3v) is 4.07. The summed E-state index contributed by atoms with van der Waals surface area (Å²) >= 11 is 7.05. The van der Waals surface area contributed by atoms with Gasteiger partial charge in [0.1, 0.15) is 0 Å². The van der Waals surface area contributed by atoms with Gasteiger partial charge in [-0.05, 0) is 57.0 Å². The van der Waals surface area contributed by atoms with Crippen LogP contribution in [0.25, 0.3) is 0 Å². The number of nitrogens with one attached hydrogen (secondary N) is 1. The molecule has 1 atom stereocenters. The molecular weight excluding hydrogens is 384 g/mol. The zero-order chi connectivity index (χ0) is 14.5. The van der Waals surface area contributed by atoms with Crippen molar-refractivity contribution in [3.8, 4) is 0 Å². The number of nitrogens with zero attached hydrogens (tertiary/aromatic N) is 3. The first kappa shape index (κ1) is 15.7. The lowest BCUT2D eigenvalue weighted by Crippen LogP contribution is -2.26. The highest BCUT2D eigenvalue weighted by Gasteiger charge is 2.21. The molecule has 0 radical (unpaired) electrons. The third kappa shape index (κ3) is 3.48. The molecule has 2 aromatic heterocycles. The molecule has 2 aromatic rings. The second-order valence-corrected chi connectivity index (χ2v) is 6.26. The first-order valence-corrected chi connectivity index (χ1v) is 8.32. The van der Waals surface area contributed by atoms with Gasteiger partial charge in [0.05, 0.1) is 17.4 Å². The summed E-state index contributed by atoms with van der Waals surface area (Å²) < 4.78 is 4.00. The second kappa shape index (κ2) is 7.33. The van der Waals surface area contributed by atoms with Crippen LogP contribution in [0.5, 0.6) is 0 Å². The van der Waals surface area contributed by atoms with Crippen LogP contribution in [0.1, 0.15) is 37.7 Å². The van der Waals surface area contributed by atoms with Gasteiger partial charge in [-0.3, -0.25) is 9.67 Å².